The van der Waals surface area contributed by atoms with Crippen LogP contribution in [0.15, 0.2) is 23.8 Å². The number of carbonyl (C=O) groups excluding carboxylic acids is 1. The van der Waals surface area contributed by atoms with Gasteiger partial charge in [-0.1, -0.05) is 61.4 Å². The van der Waals surface area contributed by atoms with E-state index in [0.717, 1.165) is 30.6 Å². The van der Waals surface area contributed by atoms with Crippen LogP contribution in [0.5, 0.6) is 0 Å². The van der Waals surface area contributed by atoms with Crippen molar-refractivity contribution in [3.63, 3.8) is 0 Å². The van der Waals surface area contributed by atoms with Crippen molar-refractivity contribution in [2.24, 2.45) is 29.1 Å². The van der Waals surface area contributed by atoms with Crippen LogP contribution in [0.2, 0.25) is 0 Å². The van der Waals surface area contributed by atoms with E-state index in [1.165, 1.54) is 54.9 Å². The lowest BCUT2D eigenvalue weighted by Gasteiger charge is -2.53. The van der Waals surface area contributed by atoms with Crippen LogP contribution in [0.25, 0.3) is 0 Å². The van der Waals surface area contributed by atoms with Crippen molar-refractivity contribution < 1.29 is 4.79 Å². The summed E-state index contributed by atoms with van der Waals surface area (Å²) in [6.07, 6.45) is 18.2. The van der Waals surface area contributed by atoms with Gasteiger partial charge in [-0.3, -0.25) is 4.79 Å². The van der Waals surface area contributed by atoms with Crippen molar-refractivity contribution in [2.45, 2.75) is 71.6 Å². The summed E-state index contributed by atoms with van der Waals surface area (Å²) in [6, 6.07) is 0. The molecule has 0 aromatic carbocycles. The number of carbonyl (C=O) groups is 1. The summed E-state index contributed by atoms with van der Waals surface area (Å²) in [5.74, 6) is 3.39. The first-order valence-electron chi connectivity index (χ1n) is 10.1. The van der Waals surface area contributed by atoms with Gasteiger partial charge in [-0.25, -0.2) is 0 Å². The maximum absolute atomic E-state index is 11.8. The second-order valence-electron chi connectivity index (χ2n) is 8.59. The Hall–Kier alpha value is -0.120. The summed E-state index contributed by atoms with van der Waals surface area (Å²) in [6.45, 7) is 4.94. The Morgan fingerprint density at radius 1 is 1.29 bits per heavy atom. The van der Waals surface area contributed by atoms with Crippen LogP contribution in [0, 0.1) is 29.1 Å². The van der Waals surface area contributed by atoms with Gasteiger partial charge in [0.2, 0.25) is 0 Å². The van der Waals surface area contributed by atoms with Gasteiger partial charge in [0.1, 0.15) is 0 Å². The van der Waals surface area contributed by atoms with Crippen molar-refractivity contribution in [3.05, 3.63) is 23.8 Å². The van der Waals surface area contributed by atoms with Crippen molar-refractivity contribution in [1.29, 1.82) is 0 Å². The number of hydrogen-bond donors (Lipinski definition) is 0. The average molecular weight is 440 g/mol. The van der Waals surface area contributed by atoms with Gasteiger partial charge in [-0.15, -0.1) is 0 Å². The SMILES string of the molecule is CCCC1C2C=CC3=CC(=O)CCC3C2CCC1(C)CCCCI. The number of alkyl halides is 1. The molecule has 134 valence electrons. The molecule has 1 nitrogen and oxygen atoms in total. The van der Waals surface area contributed by atoms with Gasteiger partial charge in [0.25, 0.3) is 0 Å². The third kappa shape index (κ3) is 3.68. The minimum absolute atomic E-state index is 0.342. The van der Waals surface area contributed by atoms with E-state index < -0.39 is 0 Å². The van der Waals surface area contributed by atoms with Gasteiger partial charge in [-0.05, 0) is 83.7 Å². The fourth-order valence-corrected chi connectivity index (χ4v) is 6.39. The molecule has 1 fully saturated rings. The summed E-state index contributed by atoms with van der Waals surface area (Å²) < 4.78 is 1.29. The molecule has 0 aromatic heterocycles. The molecule has 0 N–H and O–H groups in total. The highest BCUT2D eigenvalue weighted by Gasteiger charge is 2.48. The van der Waals surface area contributed by atoms with Crippen LogP contribution >= 0.6 is 22.6 Å². The molecule has 3 aliphatic rings. The van der Waals surface area contributed by atoms with Crippen molar-refractivity contribution >= 4 is 28.4 Å². The van der Waals surface area contributed by atoms with Crippen molar-refractivity contribution in [1.82, 2.24) is 0 Å². The second kappa shape index (κ2) is 8.05. The van der Waals surface area contributed by atoms with Crippen LogP contribution in [0.4, 0.5) is 0 Å². The molecule has 0 bridgehead atoms. The van der Waals surface area contributed by atoms with Gasteiger partial charge >= 0.3 is 0 Å². The van der Waals surface area contributed by atoms with Crippen molar-refractivity contribution in [2.75, 3.05) is 4.43 Å². The third-order valence-electron chi connectivity index (χ3n) is 7.12. The van der Waals surface area contributed by atoms with Gasteiger partial charge in [-0.2, -0.15) is 0 Å². The second-order valence-corrected chi connectivity index (χ2v) is 9.67. The molecular weight excluding hydrogens is 407 g/mol. The molecule has 0 heterocycles. The molecule has 3 aliphatic carbocycles. The maximum atomic E-state index is 11.8. The lowest BCUT2D eigenvalue weighted by molar-refractivity contribution is -0.115. The van der Waals surface area contributed by atoms with E-state index >= 15 is 0 Å². The van der Waals surface area contributed by atoms with E-state index in [4.69, 9.17) is 0 Å². The summed E-state index contributed by atoms with van der Waals surface area (Å²) in [5.41, 5.74) is 1.87. The zero-order chi connectivity index (χ0) is 17.2. The number of ketones is 1. The lowest BCUT2D eigenvalue weighted by atomic mass is 9.51. The first-order chi connectivity index (χ1) is 11.6. The minimum Gasteiger partial charge on any atom is -0.295 e. The number of fused-ring (bicyclic) bond motifs is 3. The van der Waals surface area contributed by atoms with Gasteiger partial charge < -0.3 is 0 Å². The van der Waals surface area contributed by atoms with Crippen LogP contribution < -0.4 is 0 Å². The Balaban J connectivity index is 1.83. The number of hydrogen-bond acceptors (Lipinski definition) is 1. The van der Waals surface area contributed by atoms with E-state index in [0.29, 0.717) is 17.1 Å². The molecule has 0 saturated heterocycles. The van der Waals surface area contributed by atoms with Gasteiger partial charge in [0, 0.05) is 6.42 Å². The van der Waals surface area contributed by atoms with Crippen LogP contribution in [0.1, 0.15) is 71.6 Å². The number of allylic oxidation sites excluding steroid dienone is 4. The number of rotatable bonds is 6. The molecule has 0 spiro atoms. The fourth-order valence-electron chi connectivity index (χ4n) is 5.85. The Kier molecular flexibility index (Phi) is 6.26. The predicted molar refractivity (Wildman–Crippen MR) is 110 cm³/mol. The largest absolute Gasteiger partial charge is 0.295 e. The van der Waals surface area contributed by atoms with Gasteiger partial charge in [0.05, 0.1) is 0 Å². The summed E-state index contributed by atoms with van der Waals surface area (Å²) in [4.78, 5) is 11.8. The van der Waals surface area contributed by atoms with E-state index in [1.54, 1.807) is 0 Å². The van der Waals surface area contributed by atoms with Crippen LogP contribution in [0.3, 0.4) is 0 Å². The molecular formula is C22H33IO. The quantitative estimate of drug-likeness (QED) is 0.261. The molecule has 5 unspecified atom stereocenters. The minimum atomic E-state index is 0.342. The highest BCUT2D eigenvalue weighted by molar-refractivity contribution is 14.1. The zero-order valence-corrected chi connectivity index (χ0v) is 17.6. The Labute approximate surface area is 161 Å². The maximum Gasteiger partial charge on any atom is 0.155 e. The first kappa shape index (κ1) is 18.7. The molecule has 24 heavy (non-hydrogen) atoms. The average Bonchev–Trinajstić information content (AvgIpc) is 2.57. The van der Waals surface area contributed by atoms with E-state index in [9.17, 15) is 4.79 Å². The zero-order valence-electron chi connectivity index (χ0n) is 15.4. The molecule has 2 heteroatoms. The van der Waals surface area contributed by atoms with Crippen LogP contribution in [-0.4, -0.2) is 10.2 Å². The highest BCUT2D eigenvalue weighted by Crippen LogP contribution is 2.57. The fraction of sp³-hybridized carbons (Fsp3) is 0.773. The highest BCUT2D eigenvalue weighted by atomic mass is 127. The third-order valence-corrected chi connectivity index (χ3v) is 7.88. The molecule has 5 atom stereocenters. The molecule has 0 radical (unpaired) electrons. The smallest absolute Gasteiger partial charge is 0.155 e. The molecule has 0 aromatic rings. The summed E-state index contributed by atoms with van der Waals surface area (Å²) in [5, 5.41) is 0. The molecule has 3 rings (SSSR count). The standard InChI is InChI=1S/C22H33IO/c1-3-6-21-20-9-7-16-15-17(24)8-10-18(16)19(20)11-13-22(21,2)12-4-5-14-23/h7,9,15,18-21H,3-6,8,10-14H2,1-2H3. The predicted octanol–water partition coefficient (Wildman–Crippen LogP) is 6.52. The van der Waals surface area contributed by atoms with Crippen molar-refractivity contribution in [3.8, 4) is 0 Å². The molecule has 1 saturated carbocycles. The van der Waals surface area contributed by atoms with Gasteiger partial charge in [0.15, 0.2) is 5.78 Å². The van der Waals surface area contributed by atoms with Crippen LogP contribution in [-0.2, 0) is 4.79 Å². The Bertz CT molecular complexity index is 520. The summed E-state index contributed by atoms with van der Waals surface area (Å²) in [7, 11) is 0. The Morgan fingerprint density at radius 2 is 2.12 bits per heavy atom. The normalized spacial score (nSPS) is 38.5. The number of unbranched alkanes of at least 4 members (excludes halogenated alkanes) is 1. The van der Waals surface area contributed by atoms with E-state index in [1.807, 2.05) is 6.08 Å². The summed E-state index contributed by atoms with van der Waals surface area (Å²) >= 11 is 2.52. The molecule has 0 amide bonds. The Morgan fingerprint density at radius 3 is 2.88 bits per heavy atom. The van der Waals surface area contributed by atoms with E-state index in [2.05, 4.69) is 48.6 Å². The van der Waals surface area contributed by atoms with E-state index in [-0.39, 0.29) is 0 Å². The lowest BCUT2D eigenvalue weighted by Crippen LogP contribution is -2.45. The molecule has 0 aliphatic heterocycles. The monoisotopic (exact) mass is 440 g/mol. The topological polar surface area (TPSA) is 17.1 Å². The first-order valence-corrected chi connectivity index (χ1v) is 11.6. The number of halogens is 1.